The summed E-state index contributed by atoms with van der Waals surface area (Å²) in [5.41, 5.74) is 9.19. The normalized spacial score (nSPS) is 14.2. The van der Waals surface area contributed by atoms with E-state index in [0.29, 0.717) is 24.4 Å². The summed E-state index contributed by atoms with van der Waals surface area (Å²) in [6.07, 6.45) is 3.84. The summed E-state index contributed by atoms with van der Waals surface area (Å²) in [5.74, 6) is -0.519. The lowest BCUT2D eigenvalue weighted by atomic mass is 10.1. The standard InChI is InChI=1S/C20H20F2N2O/c1-14-9-19(25-13-16-5-6-17(21)11-20(16)22)7-8-24(14)18-4-2-3-15(10-18)12-23/h2-7,9-11H,8,12-13,23H2,1H3. The van der Waals surface area contributed by atoms with Crippen LogP contribution in [0.25, 0.3) is 0 Å². The second kappa shape index (κ2) is 7.49. The lowest BCUT2D eigenvalue weighted by molar-refractivity contribution is 0.205. The molecule has 3 rings (SSSR count). The highest BCUT2D eigenvalue weighted by Gasteiger charge is 2.14. The number of hydrogen-bond donors (Lipinski definition) is 1. The molecule has 0 fully saturated rings. The van der Waals surface area contributed by atoms with Crippen LogP contribution in [0.5, 0.6) is 0 Å². The molecule has 0 aliphatic carbocycles. The van der Waals surface area contributed by atoms with Crippen molar-refractivity contribution in [2.24, 2.45) is 5.73 Å². The number of benzene rings is 2. The minimum absolute atomic E-state index is 0.0599. The second-order valence-electron chi connectivity index (χ2n) is 5.90. The zero-order chi connectivity index (χ0) is 17.8. The summed E-state index contributed by atoms with van der Waals surface area (Å²) in [4.78, 5) is 2.14. The van der Waals surface area contributed by atoms with Gasteiger partial charge in [-0.2, -0.15) is 0 Å². The number of hydrogen-bond acceptors (Lipinski definition) is 3. The van der Waals surface area contributed by atoms with Gasteiger partial charge < -0.3 is 15.4 Å². The molecule has 0 radical (unpaired) electrons. The molecule has 1 aliphatic heterocycles. The van der Waals surface area contributed by atoms with Gasteiger partial charge in [0.2, 0.25) is 0 Å². The van der Waals surface area contributed by atoms with E-state index in [4.69, 9.17) is 10.5 Å². The third kappa shape index (κ3) is 4.06. The monoisotopic (exact) mass is 342 g/mol. The van der Waals surface area contributed by atoms with Crippen LogP contribution in [0.15, 0.2) is 66.1 Å². The molecule has 1 aliphatic rings. The molecule has 3 nitrogen and oxygen atoms in total. The van der Waals surface area contributed by atoms with Crippen molar-refractivity contribution in [3.8, 4) is 0 Å². The number of nitrogens with two attached hydrogens (primary N) is 1. The third-order valence-electron chi connectivity index (χ3n) is 4.12. The fourth-order valence-corrected chi connectivity index (χ4v) is 2.73. The molecule has 5 heteroatoms. The maximum absolute atomic E-state index is 13.7. The molecule has 2 aromatic carbocycles. The Kier molecular flexibility index (Phi) is 5.14. The molecule has 0 aromatic heterocycles. The molecule has 0 saturated heterocycles. The number of rotatable bonds is 5. The van der Waals surface area contributed by atoms with Crippen molar-refractivity contribution in [1.29, 1.82) is 0 Å². The van der Waals surface area contributed by atoms with Crippen LogP contribution in [-0.4, -0.2) is 6.54 Å². The quantitative estimate of drug-likeness (QED) is 0.883. The fraction of sp³-hybridized carbons (Fsp3) is 0.200. The van der Waals surface area contributed by atoms with E-state index in [2.05, 4.69) is 11.0 Å². The summed E-state index contributed by atoms with van der Waals surface area (Å²) in [6.45, 7) is 3.20. The van der Waals surface area contributed by atoms with Crippen LogP contribution in [-0.2, 0) is 17.9 Å². The van der Waals surface area contributed by atoms with Crippen LogP contribution in [0.4, 0.5) is 14.5 Å². The molecule has 0 spiro atoms. The van der Waals surface area contributed by atoms with Crippen LogP contribution >= 0.6 is 0 Å². The van der Waals surface area contributed by atoms with Gasteiger partial charge in [-0.25, -0.2) is 8.78 Å². The van der Waals surface area contributed by atoms with Gasteiger partial charge in [-0.15, -0.1) is 0 Å². The van der Waals surface area contributed by atoms with Crippen molar-refractivity contribution in [1.82, 2.24) is 0 Å². The van der Waals surface area contributed by atoms with E-state index in [9.17, 15) is 8.78 Å². The van der Waals surface area contributed by atoms with Gasteiger partial charge in [0, 0.05) is 36.1 Å². The predicted molar refractivity (Wildman–Crippen MR) is 94.7 cm³/mol. The Hall–Kier alpha value is -2.66. The van der Waals surface area contributed by atoms with Crippen molar-refractivity contribution in [3.63, 3.8) is 0 Å². The number of halogens is 2. The Morgan fingerprint density at radius 2 is 2.00 bits per heavy atom. The minimum Gasteiger partial charge on any atom is -0.489 e. The summed E-state index contributed by atoms with van der Waals surface area (Å²) in [5, 5.41) is 0. The van der Waals surface area contributed by atoms with Gasteiger partial charge in [0.15, 0.2) is 0 Å². The Labute approximate surface area is 146 Å². The molecule has 0 unspecified atom stereocenters. The highest BCUT2D eigenvalue weighted by molar-refractivity contribution is 5.56. The first-order valence-electron chi connectivity index (χ1n) is 8.08. The van der Waals surface area contributed by atoms with Gasteiger partial charge in [0.05, 0.1) is 0 Å². The highest BCUT2D eigenvalue weighted by Crippen LogP contribution is 2.25. The van der Waals surface area contributed by atoms with E-state index >= 15 is 0 Å². The average Bonchev–Trinajstić information content (AvgIpc) is 2.61. The summed E-state index contributed by atoms with van der Waals surface area (Å²) >= 11 is 0. The first-order chi connectivity index (χ1) is 12.1. The second-order valence-corrected chi connectivity index (χ2v) is 5.90. The van der Waals surface area contributed by atoms with Gasteiger partial charge in [-0.3, -0.25) is 0 Å². The van der Waals surface area contributed by atoms with E-state index in [1.165, 1.54) is 12.1 Å². The minimum atomic E-state index is -0.600. The molecule has 2 N–H and O–H groups in total. The van der Waals surface area contributed by atoms with E-state index in [-0.39, 0.29) is 6.61 Å². The SMILES string of the molecule is CC1=CC(OCc2ccc(F)cc2F)=CCN1c1cccc(CN)c1. The maximum Gasteiger partial charge on any atom is 0.132 e. The lowest BCUT2D eigenvalue weighted by Crippen LogP contribution is -2.24. The Bertz CT molecular complexity index is 830. The van der Waals surface area contributed by atoms with Crippen LogP contribution < -0.4 is 10.6 Å². The smallest absolute Gasteiger partial charge is 0.132 e. The highest BCUT2D eigenvalue weighted by atomic mass is 19.1. The van der Waals surface area contributed by atoms with E-state index in [1.807, 2.05) is 37.3 Å². The average molecular weight is 342 g/mol. The topological polar surface area (TPSA) is 38.5 Å². The van der Waals surface area contributed by atoms with Crippen molar-refractivity contribution < 1.29 is 13.5 Å². The van der Waals surface area contributed by atoms with Gasteiger partial charge in [-0.1, -0.05) is 12.1 Å². The number of ether oxygens (including phenoxy) is 1. The van der Waals surface area contributed by atoms with Gasteiger partial charge >= 0.3 is 0 Å². The third-order valence-corrected chi connectivity index (χ3v) is 4.12. The summed E-state index contributed by atoms with van der Waals surface area (Å²) in [7, 11) is 0. The number of nitrogens with zero attached hydrogens (tertiary/aromatic N) is 1. The van der Waals surface area contributed by atoms with Crippen LogP contribution in [0, 0.1) is 11.6 Å². The van der Waals surface area contributed by atoms with Crippen LogP contribution in [0.1, 0.15) is 18.1 Å². The molecular weight excluding hydrogens is 322 g/mol. The zero-order valence-corrected chi connectivity index (χ0v) is 14.0. The molecule has 0 saturated carbocycles. The first-order valence-corrected chi connectivity index (χ1v) is 8.08. The van der Waals surface area contributed by atoms with Gasteiger partial charge in [0.25, 0.3) is 0 Å². The molecular formula is C20H20F2N2O. The Balaban J connectivity index is 1.67. The van der Waals surface area contributed by atoms with E-state index in [1.54, 1.807) is 0 Å². The molecule has 0 amide bonds. The maximum atomic E-state index is 13.7. The van der Waals surface area contributed by atoms with Gasteiger partial charge in [-0.05, 0) is 48.9 Å². The van der Waals surface area contributed by atoms with E-state index in [0.717, 1.165) is 23.0 Å². The Morgan fingerprint density at radius 1 is 1.16 bits per heavy atom. The van der Waals surface area contributed by atoms with Crippen molar-refractivity contribution in [3.05, 3.63) is 88.8 Å². The first kappa shape index (κ1) is 17.2. The summed E-state index contributed by atoms with van der Waals surface area (Å²) in [6, 6.07) is 11.6. The summed E-state index contributed by atoms with van der Waals surface area (Å²) < 4.78 is 32.3. The molecule has 130 valence electrons. The number of anilines is 1. The van der Waals surface area contributed by atoms with E-state index < -0.39 is 11.6 Å². The fourth-order valence-electron chi connectivity index (χ4n) is 2.73. The van der Waals surface area contributed by atoms with Crippen LogP contribution in [0.2, 0.25) is 0 Å². The van der Waals surface area contributed by atoms with Crippen molar-refractivity contribution in [2.75, 3.05) is 11.4 Å². The zero-order valence-electron chi connectivity index (χ0n) is 14.0. The van der Waals surface area contributed by atoms with Gasteiger partial charge in [0.1, 0.15) is 24.0 Å². The molecule has 25 heavy (non-hydrogen) atoms. The molecule has 0 atom stereocenters. The molecule has 0 bridgehead atoms. The predicted octanol–water partition coefficient (Wildman–Crippen LogP) is 4.25. The van der Waals surface area contributed by atoms with Crippen LogP contribution in [0.3, 0.4) is 0 Å². The molecule has 2 aromatic rings. The van der Waals surface area contributed by atoms with Crippen molar-refractivity contribution >= 4 is 5.69 Å². The Morgan fingerprint density at radius 3 is 2.72 bits per heavy atom. The lowest BCUT2D eigenvalue weighted by Gasteiger charge is -2.28. The largest absolute Gasteiger partial charge is 0.489 e. The van der Waals surface area contributed by atoms with Crippen molar-refractivity contribution in [2.45, 2.75) is 20.1 Å². The number of allylic oxidation sites excluding steroid dienone is 2. The molecule has 1 heterocycles.